The highest BCUT2D eigenvalue weighted by Gasteiger charge is 2.16. The first kappa shape index (κ1) is 28.2. The monoisotopic (exact) mass is 479 g/mol. The first-order chi connectivity index (χ1) is 16.3. The van der Waals surface area contributed by atoms with E-state index in [1.165, 1.54) is 43.2 Å². The van der Waals surface area contributed by atoms with Crippen LogP contribution in [0.25, 0.3) is 5.57 Å². The average Bonchev–Trinajstić information content (AvgIpc) is 2.79. The van der Waals surface area contributed by atoms with Gasteiger partial charge in [-0.1, -0.05) is 89.4 Å². The fraction of sp³-hybridized carbons (Fsp3) is 0.452. The molecule has 1 atom stereocenters. The maximum Gasteiger partial charge on any atom is 0.131 e. The van der Waals surface area contributed by atoms with Crippen molar-refractivity contribution in [3.05, 3.63) is 82.2 Å². The van der Waals surface area contributed by atoms with Crippen molar-refractivity contribution in [2.24, 2.45) is 10.9 Å². The summed E-state index contributed by atoms with van der Waals surface area (Å²) in [5.74, 6) is 0.951. The number of allylic oxidation sites excluding steroid dienone is 4. The van der Waals surface area contributed by atoms with Gasteiger partial charge in [0.25, 0.3) is 0 Å². The van der Waals surface area contributed by atoms with Gasteiger partial charge < -0.3 is 0 Å². The second kappa shape index (κ2) is 14.4. The van der Waals surface area contributed by atoms with Crippen molar-refractivity contribution in [2.45, 2.75) is 72.9 Å². The molecule has 1 aliphatic carbocycles. The number of benzene rings is 2. The molecule has 34 heavy (non-hydrogen) atoms. The molecule has 0 aliphatic heterocycles. The Morgan fingerprint density at radius 1 is 1.09 bits per heavy atom. The van der Waals surface area contributed by atoms with E-state index < -0.39 is 7.92 Å². The second-order valence-corrected chi connectivity index (χ2v) is 11.8. The van der Waals surface area contributed by atoms with Crippen LogP contribution in [0, 0.1) is 25.6 Å². The van der Waals surface area contributed by atoms with Crippen LogP contribution in [0.5, 0.6) is 0 Å². The van der Waals surface area contributed by atoms with Crippen molar-refractivity contribution >= 4 is 25.0 Å². The highest BCUT2D eigenvalue weighted by atomic mass is 31.1. The molecule has 0 amide bonds. The van der Waals surface area contributed by atoms with Gasteiger partial charge in [-0.25, -0.2) is 4.39 Å². The van der Waals surface area contributed by atoms with Crippen molar-refractivity contribution in [1.82, 2.24) is 0 Å². The van der Waals surface area contributed by atoms with Crippen molar-refractivity contribution in [3.8, 4) is 0 Å². The van der Waals surface area contributed by atoms with Gasteiger partial charge in [-0.2, -0.15) is 0 Å². The summed E-state index contributed by atoms with van der Waals surface area (Å²) in [5, 5.41) is 0.879. The second-order valence-electron chi connectivity index (χ2n) is 9.68. The lowest BCUT2D eigenvalue weighted by atomic mass is 9.91. The lowest BCUT2D eigenvalue weighted by Gasteiger charge is -2.18. The van der Waals surface area contributed by atoms with Crippen LogP contribution in [0.2, 0.25) is 0 Å². The quantitative estimate of drug-likeness (QED) is 0.223. The van der Waals surface area contributed by atoms with E-state index in [4.69, 9.17) is 0 Å². The molecule has 0 heterocycles. The minimum atomic E-state index is -0.608. The van der Waals surface area contributed by atoms with Crippen LogP contribution in [0.1, 0.15) is 80.7 Å². The topological polar surface area (TPSA) is 12.4 Å². The fourth-order valence-corrected chi connectivity index (χ4v) is 6.56. The predicted molar refractivity (Wildman–Crippen MR) is 153 cm³/mol. The molecule has 1 fully saturated rings. The molecule has 1 nitrogen and oxygen atoms in total. The van der Waals surface area contributed by atoms with Crippen LogP contribution in [-0.2, 0) is 6.16 Å². The molecule has 1 saturated carbocycles. The van der Waals surface area contributed by atoms with Gasteiger partial charge in [-0.15, -0.1) is 0 Å². The minimum Gasteiger partial charge on any atom is -0.296 e. The Kier molecular flexibility index (Phi) is 11.9. The van der Waals surface area contributed by atoms with Crippen molar-refractivity contribution in [1.29, 1.82) is 0 Å². The summed E-state index contributed by atoms with van der Waals surface area (Å²) in [5.41, 5.74) is 6.66. The Hall–Kier alpha value is -2.05. The fourth-order valence-electron chi connectivity index (χ4n) is 4.56. The molecule has 3 rings (SSSR count). The molecular formula is C31H43FNP. The third-order valence-corrected chi connectivity index (χ3v) is 8.71. The molecule has 0 spiro atoms. The molecule has 0 saturated heterocycles. The van der Waals surface area contributed by atoms with Crippen LogP contribution >= 0.6 is 7.92 Å². The maximum atomic E-state index is 14.9. The van der Waals surface area contributed by atoms with Gasteiger partial charge in [0.05, 0.1) is 0 Å². The smallest absolute Gasteiger partial charge is 0.131 e. The molecule has 0 radical (unpaired) electrons. The zero-order valence-electron chi connectivity index (χ0n) is 22.3. The Bertz CT molecular complexity index is 989. The number of nitrogens with zero attached hydrogens (tertiary/aromatic N) is 1. The Labute approximate surface area is 209 Å². The largest absolute Gasteiger partial charge is 0.296 e. The Balaban J connectivity index is 0.000000497. The van der Waals surface area contributed by atoms with Gasteiger partial charge in [-0.05, 0) is 85.9 Å². The molecule has 1 unspecified atom stereocenters. The van der Waals surface area contributed by atoms with Gasteiger partial charge in [0.15, 0.2) is 0 Å². The van der Waals surface area contributed by atoms with Gasteiger partial charge in [0.1, 0.15) is 5.82 Å². The molecule has 184 valence electrons. The van der Waals surface area contributed by atoms with Gasteiger partial charge >= 0.3 is 0 Å². The van der Waals surface area contributed by atoms with Crippen molar-refractivity contribution < 1.29 is 4.39 Å². The SMILES string of the molecule is C/C=C\C=C(/C)c1cc(C)c(P(C)Cc2ccc(C=NC)c(C)c2)c(F)c1.CC1CCCCC1. The summed E-state index contributed by atoms with van der Waals surface area (Å²) in [6.45, 7) is 12.6. The van der Waals surface area contributed by atoms with Gasteiger partial charge in [0.2, 0.25) is 0 Å². The molecule has 0 aromatic heterocycles. The molecule has 0 N–H and O–H groups in total. The molecule has 2 aromatic rings. The van der Waals surface area contributed by atoms with E-state index in [0.29, 0.717) is 0 Å². The molecule has 0 bridgehead atoms. The van der Waals surface area contributed by atoms with E-state index in [1.54, 1.807) is 13.1 Å². The van der Waals surface area contributed by atoms with Crippen molar-refractivity contribution in [3.63, 3.8) is 0 Å². The van der Waals surface area contributed by atoms with Crippen LogP contribution in [0.4, 0.5) is 4.39 Å². The van der Waals surface area contributed by atoms with Gasteiger partial charge in [-0.3, -0.25) is 4.99 Å². The van der Waals surface area contributed by atoms with E-state index in [2.05, 4.69) is 49.8 Å². The third-order valence-electron chi connectivity index (χ3n) is 6.55. The zero-order valence-corrected chi connectivity index (χ0v) is 23.2. The van der Waals surface area contributed by atoms with E-state index >= 15 is 0 Å². The number of hydrogen-bond donors (Lipinski definition) is 0. The number of halogens is 1. The maximum absolute atomic E-state index is 14.9. The average molecular weight is 480 g/mol. The molecular weight excluding hydrogens is 436 g/mol. The Morgan fingerprint density at radius 2 is 1.79 bits per heavy atom. The number of aliphatic imine (C=N–C) groups is 1. The summed E-state index contributed by atoms with van der Waals surface area (Å²) >= 11 is 0. The lowest BCUT2D eigenvalue weighted by molar-refractivity contribution is 0.385. The zero-order chi connectivity index (χ0) is 25.1. The highest BCUT2D eigenvalue weighted by Crippen LogP contribution is 2.37. The van der Waals surface area contributed by atoms with Crippen LogP contribution in [-0.4, -0.2) is 19.9 Å². The van der Waals surface area contributed by atoms with E-state index in [9.17, 15) is 4.39 Å². The highest BCUT2D eigenvalue weighted by molar-refractivity contribution is 7.64. The number of hydrogen-bond acceptors (Lipinski definition) is 1. The van der Waals surface area contributed by atoms with Crippen LogP contribution in [0.3, 0.4) is 0 Å². The summed E-state index contributed by atoms with van der Waals surface area (Å²) in [6, 6.07) is 10.2. The summed E-state index contributed by atoms with van der Waals surface area (Å²) < 4.78 is 14.9. The minimum absolute atomic E-state index is 0.0849. The van der Waals surface area contributed by atoms with Crippen molar-refractivity contribution in [2.75, 3.05) is 13.7 Å². The molecule has 1 aliphatic rings. The number of rotatable bonds is 6. The Morgan fingerprint density at radius 3 is 2.32 bits per heavy atom. The summed E-state index contributed by atoms with van der Waals surface area (Å²) in [6.07, 6.45) is 16.2. The van der Waals surface area contributed by atoms with E-state index in [0.717, 1.165) is 39.6 Å². The number of aryl methyl sites for hydroxylation is 2. The molecule has 2 aromatic carbocycles. The van der Waals surface area contributed by atoms with Crippen LogP contribution in [0.15, 0.2) is 53.6 Å². The van der Waals surface area contributed by atoms with Crippen LogP contribution < -0.4 is 5.30 Å². The first-order valence-electron chi connectivity index (χ1n) is 12.6. The predicted octanol–water partition coefficient (Wildman–Crippen LogP) is 8.99. The first-order valence-corrected chi connectivity index (χ1v) is 14.6. The van der Waals surface area contributed by atoms with E-state index in [-0.39, 0.29) is 5.82 Å². The standard InChI is InChI=1S/C24H29FNP.C7H14/c1-7-8-9-17(2)22-13-19(4)24(23(25)14-22)27(6)16-20-10-11-21(15-26-5)18(3)12-20;1-7-5-3-2-4-6-7/h7-15H,16H2,1-6H3;7H,2-6H2,1H3/b8-7-,17-9+,26-15?;. The lowest BCUT2D eigenvalue weighted by Crippen LogP contribution is -2.12. The molecule has 3 heteroatoms. The van der Waals surface area contributed by atoms with Gasteiger partial charge in [0, 0.05) is 18.6 Å². The van der Waals surface area contributed by atoms with E-state index in [1.807, 2.05) is 45.2 Å². The third kappa shape index (κ3) is 8.62. The normalized spacial score (nSPS) is 16.1. The summed E-state index contributed by atoms with van der Waals surface area (Å²) in [7, 11) is 1.17. The summed E-state index contributed by atoms with van der Waals surface area (Å²) in [4.78, 5) is 4.09.